The van der Waals surface area contributed by atoms with Gasteiger partial charge in [0.25, 0.3) is 0 Å². The number of rotatable bonds is 5. The molecule has 1 aromatic carbocycles. The van der Waals surface area contributed by atoms with Crippen molar-refractivity contribution >= 4 is 15.9 Å². The first-order valence-electron chi connectivity index (χ1n) is 7.70. The maximum absolute atomic E-state index is 13.9. The summed E-state index contributed by atoms with van der Waals surface area (Å²) in [6.45, 7) is 2.96. The van der Waals surface area contributed by atoms with Gasteiger partial charge in [0.15, 0.2) is 11.6 Å². The lowest BCUT2D eigenvalue weighted by Gasteiger charge is -2.23. The maximum Gasteiger partial charge on any atom is 0.173 e. The second-order valence-corrected chi connectivity index (χ2v) is 6.32. The van der Waals surface area contributed by atoms with Crippen LogP contribution in [0, 0.1) is 11.6 Å². The molecule has 0 heterocycles. The normalized spacial score (nSPS) is 17.2. The van der Waals surface area contributed by atoms with Gasteiger partial charge in [0.2, 0.25) is 0 Å². The van der Waals surface area contributed by atoms with Crippen molar-refractivity contribution in [2.75, 3.05) is 6.54 Å². The van der Waals surface area contributed by atoms with Crippen LogP contribution >= 0.6 is 15.9 Å². The highest BCUT2D eigenvalue weighted by Crippen LogP contribution is 2.35. The van der Waals surface area contributed by atoms with Gasteiger partial charge in [0.05, 0.1) is 10.5 Å². The van der Waals surface area contributed by atoms with Crippen LogP contribution in [0.3, 0.4) is 0 Å². The summed E-state index contributed by atoms with van der Waals surface area (Å²) in [7, 11) is 0. The lowest BCUT2D eigenvalue weighted by Crippen LogP contribution is -2.24. The molecule has 0 amide bonds. The molecule has 1 N–H and O–H groups in total. The van der Waals surface area contributed by atoms with Crippen LogP contribution < -0.4 is 5.32 Å². The van der Waals surface area contributed by atoms with Gasteiger partial charge in [-0.05, 0) is 66.2 Å². The molecule has 1 nitrogen and oxygen atoms in total. The first-order valence-corrected chi connectivity index (χ1v) is 8.50. The van der Waals surface area contributed by atoms with E-state index in [-0.39, 0.29) is 10.5 Å². The van der Waals surface area contributed by atoms with E-state index in [2.05, 4.69) is 34.2 Å². The van der Waals surface area contributed by atoms with Crippen LogP contribution in [-0.2, 0) is 0 Å². The first kappa shape index (κ1) is 16.6. The fourth-order valence-electron chi connectivity index (χ4n) is 2.80. The molecule has 1 aliphatic rings. The minimum atomic E-state index is -0.810. The van der Waals surface area contributed by atoms with Crippen molar-refractivity contribution in [2.24, 2.45) is 0 Å². The summed E-state index contributed by atoms with van der Waals surface area (Å²) in [6.07, 6.45) is 8.98. The summed E-state index contributed by atoms with van der Waals surface area (Å²) >= 11 is 3.23. The minimum Gasteiger partial charge on any atom is -0.306 e. The third-order valence-corrected chi connectivity index (χ3v) is 4.73. The summed E-state index contributed by atoms with van der Waals surface area (Å²) in [5, 5.41) is 3.48. The molecule has 0 bridgehead atoms. The van der Waals surface area contributed by atoms with E-state index in [0.717, 1.165) is 37.8 Å². The Hall–Kier alpha value is -0.740. The standard InChI is InChI=1S/C17H22BrF2N/c1-2-11-21-17(12-7-5-3-4-6-8-12)13-9-10-14(19)16(20)15(13)18/h7,9-10,17,21H,2-6,8,11H2,1H3. The van der Waals surface area contributed by atoms with Gasteiger partial charge in [-0.3, -0.25) is 0 Å². The molecule has 0 spiro atoms. The van der Waals surface area contributed by atoms with Gasteiger partial charge >= 0.3 is 0 Å². The van der Waals surface area contributed by atoms with E-state index in [9.17, 15) is 8.78 Å². The molecule has 0 saturated carbocycles. The van der Waals surface area contributed by atoms with Crippen LogP contribution in [0.4, 0.5) is 8.78 Å². The molecule has 0 saturated heterocycles. The summed E-state index contributed by atoms with van der Waals surface area (Å²) in [5.74, 6) is -1.61. The number of hydrogen-bond acceptors (Lipinski definition) is 1. The Kier molecular flexibility index (Phi) is 6.37. The average molecular weight is 358 g/mol. The molecule has 0 aromatic heterocycles. The zero-order valence-electron chi connectivity index (χ0n) is 12.4. The Bertz CT molecular complexity index is 514. The fourth-order valence-corrected chi connectivity index (χ4v) is 3.35. The van der Waals surface area contributed by atoms with Crippen LogP contribution in [0.5, 0.6) is 0 Å². The predicted octanol–water partition coefficient (Wildman–Crippen LogP) is 5.66. The van der Waals surface area contributed by atoms with Gasteiger partial charge < -0.3 is 5.32 Å². The van der Waals surface area contributed by atoms with E-state index in [1.165, 1.54) is 24.5 Å². The molecule has 2 rings (SSSR count). The van der Waals surface area contributed by atoms with E-state index in [4.69, 9.17) is 0 Å². The fraction of sp³-hybridized carbons (Fsp3) is 0.529. The smallest absolute Gasteiger partial charge is 0.173 e. The summed E-state index contributed by atoms with van der Waals surface area (Å²) in [4.78, 5) is 0. The molecule has 21 heavy (non-hydrogen) atoms. The Labute approximate surface area is 133 Å². The third kappa shape index (κ3) is 4.13. The highest BCUT2D eigenvalue weighted by atomic mass is 79.9. The monoisotopic (exact) mass is 357 g/mol. The van der Waals surface area contributed by atoms with Crippen molar-refractivity contribution in [1.29, 1.82) is 0 Å². The number of halogens is 3. The number of hydrogen-bond donors (Lipinski definition) is 1. The van der Waals surface area contributed by atoms with Crippen LogP contribution in [0.1, 0.15) is 57.1 Å². The zero-order valence-corrected chi connectivity index (χ0v) is 14.0. The van der Waals surface area contributed by atoms with Crippen LogP contribution in [-0.4, -0.2) is 6.54 Å². The largest absolute Gasteiger partial charge is 0.306 e. The molecule has 116 valence electrons. The van der Waals surface area contributed by atoms with Crippen LogP contribution in [0.25, 0.3) is 0 Å². The molecule has 1 atom stereocenters. The minimum absolute atomic E-state index is 0.0347. The highest BCUT2D eigenvalue weighted by molar-refractivity contribution is 9.10. The quantitative estimate of drug-likeness (QED) is 0.529. The van der Waals surface area contributed by atoms with Crippen molar-refractivity contribution in [2.45, 2.75) is 51.5 Å². The van der Waals surface area contributed by atoms with Crippen molar-refractivity contribution in [1.82, 2.24) is 5.32 Å². The Morgan fingerprint density at radius 2 is 2.05 bits per heavy atom. The molecule has 1 unspecified atom stereocenters. The van der Waals surface area contributed by atoms with Gasteiger partial charge in [-0.25, -0.2) is 8.78 Å². The van der Waals surface area contributed by atoms with Crippen molar-refractivity contribution in [3.8, 4) is 0 Å². The van der Waals surface area contributed by atoms with Crippen molar-refractivity contribution < 1.29 is 8.78 Å². The molecule has 1 aliphatic carbocycles. The Balaban J connectivity index is 2.35. The van der Waals surface area contributed by atoms with Gasteiger partial charge in [-0.15, -0.1) is 0 Å². The lowest BCUT2D eigenvalue weighted by atomic mass is 9.94. The van der Waals surface area contributed by atoms with Gasteiger partial charge in [0, 0.05) is 0 Å². The molecular formula is C17H22BrF2N. The summed E-state index contributed by atoms with van der Waals surface area (Å²) in [5.41, 5.74) is 2.09. The number of allylic oxidation sites excluding steroid dienone is 1. The van der Waals surface area contributed by atoms with Crippen LogP contribution in [0.2, 0.25) is 0 Å². The number of benzene rings is 1. The highest BCUT2D eigenvalue weighted by Gasteiger charge is 2.22. The van der Waals surface area contributed by atoms with Gasteiger partial charge in [-0.1, -0.05) is 31.1 Å². The van der Waals surface area contributed by atoms with E-state index >= 15 is 0 Å². The molecular weight excluding hydrogens is 336 g/mol. The maximum atomic E-state index is 13.9. The van der Waals surface area contributed by atoms with Gasteiger partial charge in [-0.2, -0.15) is 0 Å². The van der Waals surface area contributed by atoms with Gasteiger partial charge in [0.1, 0.15) is 0 Å². The van der Waals surface area contributed by atoms with E-state index in [0.29, 0.717) is 0 Å². The summed E-state index contributed by atoms with van der Waals surface area (Å²) < 4.78 is 27.4. The zero-order chi connectivity index (χ0) is 15.2. The molecule has 0 aliphatic heterocycles. The van der Waals surface area contributed by atoms with Crippen LogP contribution in [0.15, 0.2) is 28.3 Å². The lowest BCUT2D eigenvalue weighted by molar-refractivity contribution is 0.495. The van der Waals surface area contributed by atoms with E-state index in [1.807, 2.05) is 0 Å². The molecule has 0 radical (unpaired) electrons. The number of nitrogens with one attached hydrogen (secondary N) is 1. The topological polar surface area (TPSA) is 12.0 Å². The summed E-state index contributed by atoms with van der Waals surface area (Å²) in [6, 6.07) is 2.86. The Morgan fingerprint density at radius 3 is 2.81 bits per heavy atom. The Morgan fingerprint density at radius 1 is 1.24 bits per heavy atom. The third-order valence-electron chi connectivity index (χ3n) is 3.92. The van der Waals surface area contributed by atoms with E-state index in [1.54, 1.807) is 6.07 Å². The molecule has 4 heteroatoms. The molecule has 0 fully saturated rings. The SMILES string of the molecule is CCCNC(C1=CCCCCC1)c1ccc(F)c(F)c1Br. The van der Waals surface area contributed by atoms with E-state index < -0.39 is 11.6 Å². The first-order chi connectivity index (χ1) is 10.1. The van der Waals surface area contributed by atoms with Crippen molar-refractivity contribution in [3.05, 3.63) is 45.5 Å². The average Bonchev–Trinajstić information content (AvgIpc) is 2.76. The molecule has 1 aromatic rings. The van der Waals surface area contributed by atoms with Crippen molar-refractivity contribution in [3.63, 3.8) is 0 Å². The second-order valence-electron chi connectivity index (χ2n) is 5.53. The second kappa shape index (κ2) is 8.04. The predicted molar refractivity (Wildman–Crippen MR) is 86.3 cm³/mol.